The average molecular weight is 273 g/mol. The van der Waals surface area contributed by atoms with Gasteiger partial charge in [0.1, 0.15) is 0 Å². The van der Waals surface area contributed by atoms with Gasteiger partial charge in [-0.1, -0.05) is 19.8 Å². The third-order valence-corrected chi connectivity index (χ3v) is 6.67. The molecule has 2 aliphatic rings. The van der Waals surface area contributed by atoms with Gasteiger partial charge in [0.2, 0.25) is 0 Å². The molecule has 106 valence electrons. The van der Waals surface area contributed by atoms with Crippen molar-refractivity contribution in [2.75, 3.05) is 24.6 Å². The van der Waals surface area contributed by atoms with Crippen molar-refractivity contribution < 1.29 is 8.42 Å². The number of hydrogen-bond donors (Lipinski definition) is 0. The van der Waals surface area contributed by atoms with E-state index >= 15 is 0 Å². The van der Waals surface area contributed by atoms with E-state index in [4.69, 9.17) is 0 Å². The van der Waals surface area contributed by atoms with Crippen molar-refractivity contribution in [1.82, 2.24) is 4.90 Å². The molecular weight excluding hydrogens is 246 g/mol. The Labute approximate surface area is 112 Å². The van der Waals surface area contributed by atoms with E-state index in [1.54, 1.807) is 0 Å². The van der Waals surface area contributed by atoms with Gasteiger partial charge in [0.15, 0.2) is 9.84 Å². The van der Waals surface area contributed by atoms with Crippen molar-refractivity contribution >= 4 is 9.84 Å². The molecule has 18 heavy (non-hydrogen) atoms. The minimum Gasteiger partial charge on any atom is -0.296 e. The molecular formula is C14H27NO2S. The largest absolute Gasteiger partial charge is 0.296 e. The third-order valence-electron chi connectivity index (χ3n) is 4.72. The summed E-state index contributed by atoms with van der Waals surface area (Å²) >= 11 is 0. The summed E-state index contributed by atoms with van der Waals surface area (Å²) < 4.78 is 23.4. The van der Waals surface area contributed by atoms with Crippen LogP contribution in [0.5, 0.6) is 0 Å². The number of nitrogens with zero attached hydrogens (tertiary/aromatic N) is 1. The highest BCUT2D eigenvalue weighted by Gasteiger charge is 2.38. The van der Waals surface area contributed by atoms with Crippen molar-refractivity contribution in [2.24, 2.45) is 11.8 Å². The second-order valence-electron chi connectivity index (χ2n) is 6.98. The summed E-state index contributed by atoms with van der Waals surface area (Å²) in [6, 6.07) is 0. The summed E-state index contributed by atoms with van der Waals surface area (Å²) in [6.45, 7) is 8.31. The van der Waals surface area contributed by atoms with Gasteiger partial charge in [-0.15, -0.1) is 0 Å². The van der Waals surface area contributed by atoms with E-state index in [2.05, 4.69) is 25.7 Å². The van der Waals surface area contributed by atoms with Crippen LogP contribution in [0.4, 0.5) is 0 Å². The Morgan fingerprint density at radius 1 is 1.17 bits per heavy atom. The van der Waals surface area contributed by atoms with E-state index in [1.165, 1.54) is 25.7 Å². The fourth-order valence-corrected chi connectivity index (χ4v) is 5.32. The lowest BCUT2D eigenvalue weighted by molar-refractivity contribution is 0.0992. The fourth-order valence-electron chi connectivity index (χ4n) is 3.42. The van der Waals surface area contributed by atoms with Gasteiger partial charge in [0.05, 0.1) is 11.5 Å². The Morgan fingerprint density at radius 3 is 2.33 bits per heavy atom. The molecule has 2 fully saturated rings. The van der Waals surface area contributed by atoms with Crippen LogP contribution in [-0.2, 0) is 9.84 Å². The highest BCUT2D eigenvalue weighted by molar-refractivity contribution is 7.91. The summed E-state index contributed by atoms with van der Waals surface area (Å²) in [4.78, 5) is 2.41. The molecule has 0 bridgehead atoms. The second kappa shape index (κ2) is 5.12. The van der Waals surface area contributed by atoms with Crippen molar-refractivity contribution in [3.8, 4) is 0 Å². The van der Waals surface area contributed by atoms with E-state index in [1.807, 2.05) is 0 Å². The van der Waals surface area contributed by atoms with Crippen LogP contribution in [0.15, 0.2) is 0 Å². The first-order valence-corrected chi connectivity index (χ1v) is 9.06. The minimum absolute atomic E-state index is 0.180. The quantitative estimate of drug-likeness (QED) is 0.775. The van der Waals surface area contributed by atoms with Gasteiger partial charge in [0, 0.05) is 18.6 Å². The Morgan fingerprint density at radius 2 is 1.78 bits per heavy atom. The van der Waals surface area contributed by atoms with Crippen molar-refractivity contribution in [3.05, 3.63) is 0 Å². The molecule has 0 amide bonds. The van der Waals surface area contributed by atoms with Crippen LogP contribution >= 0.6 is 0 Å². The number of hydrogen-bond acceptors (Lipinski definition) is 3. The zero-order valence-corrected chi connectivity index (χ0v) is 12.8. The van der Waals surface area contributed by atoms with Crippen molar-refractivity contribution in [2.45, 2.75) is 52.0 Å². The first-order valence-electron chi connectivity index (χ1n) is 7.24. The van der Waals surface area contributed by atoms with Gasteiger partial charge in [-0.25, -0.2) is 8.42 Å². The topological polar surface area (TPSA) is 37.4 Å². The molecule has 0 spiro atoms. The highest BCUT2D eigenvalue weighted by Crippen LogP contribution is 2.31. The predicted molar refractivity (Wildman–Crippen MR) is 75.4 cm³/mol. The maximum Gasteiger partial charge on any atom is 0.153 e. The molecule has 1 saturated carbocycles. The van der Waals surface area contributed by atoms with Crippen molar-refractivity contribution in [3.63, 3.8) is 0 Å². The Balaban J connectivity index is 1.93. The van der Waals surface area contributed by atoms with Crippen molar-refractivity contribution in [1.29, 1.82) is 0 Å². The highest BCUT2D eigenvalue weighted by atomic mass is 32.2. The first-order chi connectivity index (χ1) is 8.28. The summed E-state index contributed by atoms with van der Waals surface area (Å²) in [6.07, 6.45) is 5.33. The molecule has 0 aromatic carbocycles. The molecule has 1 aliphatic carbocycles. The zero-order valence-electron chi connectivity index (χ0n) is 12.0. The maximum absolute atomic E-state index is 11.7. The summed E-state index contributed by atoms with van der Waals surface area (Å²) in [5, 5.41) is 0. The van der Waals surface area contributed by atoms with Crippen LogP contribution in [0.2, 0.25) is 0 Å². The molecule has 0 N–H and O–H groups in total. The molecule has 0 atom stereocenters. The molecule has 0 aromatic heterocycles. The summed E-state index contributed by atoms with van der Waals surface area (Å²) in [5.41, 5.74) is -0.180. The van der Waals surface area contributed by atoms with Gasteiger partial charge >= 0.3 is 0 Å². The van der Waals surface area contributed by atoms with Crippen LogP contribution in [-0.4, -0.2) is 43.5 Å². The molecule has 1 saturated heterocycles. The standard InChI is InChI=1S/C14H27NO2S/c1-12-4-6-13(7-5-12)10-15-8-9-18(16,17)11-14(15,2)3/h12-13H,4-11H2,1-3H3. The molecule has 0 aromatic rings. The monoisotopic (exact) mass is 273 g/mol. The van der Waals surface area contributed by atoms with Crippen LogP contribution in [0.25, 0.3) is 0 Å². The van der Waals surface area contributed by atoms with E-state index in [0.717, 1.165) is 24.9 Å². The fraction of sp³-hybridized carbons (Fsp3) is 1.00. The molecule has 0 radical (unpaired) electrons. The maximum atomic E-state index is 11.7. The second-order valence-corrected chi connectivity index (χ2v) is 9.16. The Bertz CT molecular complexity index is 381. The molecule has 1 heterocycles. The molecule has 3 nitrogen and oxygen atoms in total. The minimum atomic E-state index is -2.81. The zero-order chi connectivity index (χ0) is 13.4. The van der Waals surface area contributed by atoms with Gasteiger partial charge < -0.3 is 0 Å². The van der Waals surface area contributed by atoms with Gasteiger partial charge in [-0.2, -0.15) is 0 Å². The van der Waals surface area contributed by atoms with Gasteiger partial charge in [0.25, 0.3) is 0 Å². The van der Waals surface area contributed by atoms with E-state index in [9.17, 15) is 8.42 Å². The van der Waals surface area contributed by atoms with Gasteiger partial charge in [-0.3, -0.25) is 4.90 Å². The number of sulfone groups is 1. The Kier molecular flexibility index (Phi) is 4.07. The molecule has 4 heteroatoms. The predicted octanol–water partition coefficient (Wildman–Crippen LogP) is 2.32. The van der Waals surface area contributed by atoms with E-state index in [-0.39, 0.29) is 5.54 Å². The Hall–Kier alpha value is -0.0900. The molecule has 0 unspecified atom stereocenters. The first kappa shape index (κ1) is 14.3. The molecule has 1 aliphatic heterocycles. The van der Waals surface area contributed by atoms with E-state index in [0.29, 0.717) is 11.5 Å². The third kappa shape index (κ3) is 3.47. The SMILES string of the molecule is CC1CCC(CN2CCS(=O)(=O)CC2(C)C)CC1. The number of rotatable bonds is 2. The average Bonchev–Trinajstić information content (AvgIpc) is 2.23. The van der Waals surface area contributed by atoms with Crippen LogP contribution in [0.3, 0.4) is 0 Å². The lowest BCUT2D eigenvalue weighted by Crippen LogP contribution is -2.56. The lowest BCUT2D eigenvalue weighted by Gasteiger charge is -2.44. The lowest BCUT2D eigenvalue weighted by atomic mass is 9.82. The van der Waals surface area contributed by atoms with Gasteiger partial charge in [-0.05, 0) is 38.5 Å². The summed E-state index contributed by atoms with van der Waals surface area (Å²) in [7, 11) is -2.81. The van der Waals surface area contributed by atoms with Crippen LogP contribution < -0.4 is 0 Å². The van der Waals surface area contributed by atoms with Crippen LogP contribution in [0.1, 0.15) is 46.5 Å². The smallest absolute Gasteiger partial charge is 0.153 e. The van der Waals surface area contributed by atoms with E-state index < -0.39 is 9.84 Å². The summed E-state index contributed by atoms with van der Waals surface area (Å²) in [5.74, 6) is 2.33. The normalized spacial score (nSPS) is 36.4. The molecule has 2 rings (SSSR count). The van der Waals surface area contributed by atoms with Crippen LogP contribution in [0, 0.1) is 11.8 Å².